The third-order valence-corrected chi connectivity index (χ3v) is 3.97. The predicted molar refractivity (Wildman–Crippen MR) is 87.9 cm³/mol. The van der Waals surface area contributed by atoms with Crippen LogP contribution in [0.2, 0.25) is 0 Å². The quantitative estimate of drug-likeness (QED) is 0.878. The van der Waals surface area contributed by atoms with E-state index in [1.54, 1.807) is 9.80 Å². The highest BCUT2D eigenvalue weighted by Gasteiger charge is 2.32. The zero-order valence-corrected chi connectivity index (χ0v) is 13.4. The van der Waals surface area contributed by atoms with Crippen molar-refractivity contribution in [1.29, 1.82) is 0 Å². The number of amides is 3. The van der Waals surface area contributed by atoms with Crippen LogP contribution in [0.5, 0.6) is 0 Å². The lowest BCUT2D eigenvalue weighted by molar-refractivity contribution is -0.117. The third-order valence-electron chi connectivity index (χ3n) is 3.97. The minimum Gasteiger partial charge on any atom is -0.333 e. The fourth-order valence-electron chi connectivity index (χ4n) is 2.68. The summed E-state index contributed by atoms with van der Waals surface area (Å²) in [6.45, 7) is 6.08. The Hall–Kier alpha value is -2.04. The Kier molecular flexibility index (Phi) is 5.81. The summed E-state index contributed by atoms with van der Waals surface area (Å²) >= 11 is 0. The lowest BCUT2D eigenvalue weighted by Crippen LogP contribution is -2.46. The number of anilines is 1. The van der Waals surface area contributed by atoms with E-state index in [0.717, 1.165) is 25.1 Å². The van der Waals surface area contributed by atoms with Crippen molar-refractivity contribution >= 4 is 17.6 Å². The summed E-state index contributed by atoms with van der Waals surface area (Å²) < 4.78 is 0. The van der Waals surface area contributed by atoms with Gasteiger partial charge in [-0.05, 0) is 25.5 Å². The molecule has 1 N–H and O–H groups in total. The van der Waals surface area contributed by atoms with Gasteiger partial charge in [0.1, 0.15) is 0 Å². The van der Waals surface area contributed by atoms with Gasteiger partial charge in [-0.2, -0.15) is 0 Å². The van der Waals surface area contributed by atoms with Gasteiger partial charge in [0, 0.05) is 31.7 Å². The Morgan fingerprint density at radius 3 is 2.68 bits per heavy atom. The SMILES string of the molecule is CCCCN(CC)C(=O)N[C@@H]1CC(=O)N(c2ccccc2)C1. The van der Waals surface area contributed by atoms with Crippen LogP contribution in [-0.2, 0) is 4.79 Å². The first-order valence-electron chi connectivity index (χ1n) is 8.06. The number of para-hydroxylation sites is 1. The van der Waals surface area contributed by atoms with Crippen LogP contribution in [0.3, 0.4) is 0 Å². The van der Waals surface area contributed by atoms with Crippen LogP contribution in [0.25, 0.3) is 0 Å². The summed E-state index contributed by atoms with van der Waals surface area (Å²) in [4.78, 5) is 28.0. The maximum atomic E-state index is 12.3. The summed E-state index contributed by atoms with van der Waals surface area (Å²) in [5.74, 6) is 0.0631. The number of urea groups is 1. The molecular weight excluding hydrogens is 278 g/mol. The molecule has 0 aliphatic carbocycles. The molecule has 2 rings (SSSR count). The van der Waals surface area contributed by atoms with Gasteiger partial charge in [0.05, 0.1) is 6.04 Å². The molecule has 1 atom stereocenters. The average molecular weight is 303 g/mol. The van der Waals surface area contributed by atoms with Gasteiger partial charge < -0.3 is 15.1 Å². The molecule has 5 nitrogen and oxygen atoms in total. The van der Waals surface area contributed by atoms with Crippen molar-refractivity contribution in [2.24, 2.45) is 0 Å². The second kappa shape index (κ2) is 7.82. The Balaban J connectivity index is 1.92. The highest BCUT2D eigenvalue weighted by Crippen LogP contribution is 2.21. The zero-order valence-electron chi connectivity index (χ0n) is 13.4. The number of rotatable bonds is 6. The fourth-order valence-corrected chi connectivity index (χ4v) is 2.68. The van der Waals surface area contributed by atoms with E-state index in [-0.39, 0.29) is 18.0 Å². The van der Waals surface area contributed by atoms with Gasteiger partial charge in [-0.25, -0.2) is 4.79 Å². The van der Waals surface area contributed by atoms with Gasteiger partial charge >= 0.3 is 6.03 Å². The van der Waals surface area contributed by atoms with Crippen LogP contribution >= 0.6 is 0 Å². The normalized spacial score (nSPS) is 17.6. The first-order chi connectivity index (χ1) is 10.7. The van der Waals surface area contributed by atoms with E-state index in [4.69, 9.17) is 0 Å². The van der Waals surface area contributed by atoms with Crippen molar-refractivity contribution in [3.8, 4) is 0 Å². The molecule has 1 saturated heterocycles. The van der Waals surface area contributed by atoms with E-state index in [0.29, 0.717) is 19.5 Å². The molecule has 1 aromatic rings. The van der Waals surface area contributed by atoms with E-state index in [1.165, 1.54) is 0 Å². The third kappa shape index (κ3) is 4.00. The second-order valence-electron chi connectivity index (χ2n) is 5.62. The molecule has 1 fully saturated rings. The largest absolute Gasteiger partial charge is 0.333 e. The molecule has 0 bridgehead atoms. The molecule has 0 saturated carbocycles. The van der Waals surface area contributed by atoms with Gasteiger partial charge in [0.2, 0.25) is 5.91 Å². The molecule has 0 aromatic heterocycles. The Morgan fingerprint density at radius 2 is 2.05 bits per heavy atom. The Labute approximate surface area is 132 Å². The van der Waals surface area contributed by atoms with E-state index in [2.05, 4.69) is 12.2 Å². The van der Waals surface area contributed by atoms with Crippen molar-refractivity contribution in [3.63, 3.8) is 0 Å². The minimum atomic E-state index is -0.115. The van der Waals surface area contributed by atoms with Crippen molar-refractivity contribution < 1.29 is 9.59 Å². The smallest absolute Gasteiger partial charge is 0.317 e. The molecular formula is C17H25N3O2. The molecule has 1 heterocycles. The molecule has 1 aromatic carbocycles. The number of benzene rings is 1. The minimum absolute atomic E-state index is 0.0631. The average Bonchev–Trinajstić information content (AvgIpc) is 2.89. The summed E-state index contributed by atoms with van der Waals surface area (Å²) in [5.41, 5.74) is 0.891. The van der Waals surface area contributed by atoms with Crippen LogP contribution in [0.1, 0.15) is 33.1 Å². The van der Waals surface area contributed by atoms with Crippen molar-refractivity contribution in [3.05, 3.63) is 30.3 Å². The number of nitrogens with one attached hydrogen (secondary N) is 1. The monoisotopic (exact) mass is 303 g/mol. The van der Waals surface area contributed by atoms with Gasteiger partial charge in [0.25, 0.3) is 0 Å². The molecule has 1 aliphatic heterocycles. The van der Waals surface area contributed by atoms with Gasteiger partial charge in [-0.15, -0.1) is 0 Å². The molecule has 0 radical (unpaired) electrons. The summed E-state index contributed by atoms with van der Waals surface area (Å²) in [5, 5.41) is 2.99. The first-order valence-corrected chi connectivity index (χ1v) is 8.06. The zero-order chi connectivity index (χ0) is 15.9. The number of carbonyl (C=O) groups is 2. The highest BCUT2D eigenvalue weighted by atomic mass is 16.2. The van der Waals surface area contributed by atoms with Crippen LogP contribution in [0, 0.1) is 0 Å². The molecule has 22 heavy (non-hydrogen) atoms. The second-order valence-corrected chi connectivity index (χ2v) is 5.62. The predicted octanol–water partition coefficient (Wildman–Crippen LogP) is 2.62. The molecule has 3 amide bonds. The van der Waals surface area contributed by atoms with Crippen LogP contribution in [0.4, 0.5) is 10.5 Å². The van der Waals surface area contributed by atoms with Gasteiger partial charge in [0.15, 0.2) is 0 Å². The van der Waals surface area contributed by atoms with Crippen LogP contribution in [-0.4, -0.2) is 42.5 Å². The van der Waals surface area contributed by atoms with E-state index < -0.39 is 0 Å². The maximum Gasteiger partial charge on any atom is 0.317 e. The first kappa shape index (κ1) is 16.3. The Bertz CT molecular complexity index is 504. The topological polar surface area (TPSA) is 52.7 Å². The molecule has 1 aliphatic rings. The maximum absolute atomic E-state index is 12.3. The number of hydrogen-bond donors (Lipinski definition) is 1. The standard InChI is InChI=1S/C17H25N3O2/c1-3-5-11-19(4-2)17(22)18-14-12-16(21)20(13-14)15-9-7-6-8-10-15/h6-10,14H,3-5,11-13H2,1-2H3,(H,18,22)/t14-/m1/s1. The van der Waals surface area contributed by atoms with Crippen LogP contribution in [0.15, 0.2) is 30.3 Å². The molecule has 120 valence electrons. The van der Waals surface area contributed by atoms with Crippen LogP contribution < -0.4 is 10.2 Å². The van der Waals surface area contributed by atoms with Crippen molar-refractivity contribution in [1.82, 2.24) is 10.2 Å². The highest BCUT2D eigenvalue weighted by molar-refractivity contribution is 5.96. The number of carbonyl (C=O) groups excluding carboxylic acids is 2. The Morgan fingerprint density at radius 1 is 1.32 bits per heavy atom. The number of hydrogen-bond acceptors (Lipinski definition) is 2. The van der Waals surface area contributed by atoms with Gasteiger partial charge in [-0.1, -0.05) is 31.5 Å². The summed E-state index contributed by atoms with van der Waals surface area (Å²) in [7, 11) is 0. The fraction of sp³-hybridized carbons (Fsp3) is 0.529. The molecule has 0 spiro atoms. The van der Waals surface area contributed by atoms with Gasteiger partial charge in [-0.3, -0.25) is 4.79 Å². The summed E-state index contributed by atoms with van der Waals surface area (Å²) in [6.07, 6.45) is 2.43. The number of nitrogens with zero attached hydrogens (tertiary/aromatic N) is 2. The van der Waals surface area contributed by atoms with E-state index in [9.17, 15) is 9.59 Å². The molecule has 0 unspecified atom stereocenters. The van der Waals surface area contributed by atoms with E-state index in [1.807, 2.05) is 37.3 Å². The number of unbranched alkanes of at least 4 members (excludes halogenated alkanes) is 1. The lowest BCUT2D eigenvalue weighted by Gasteiger charge is -2.23. The summed E-state index contributed by atoms with van der Waals surface area (Å²) in [6, 6.07) is 9.41. The molecule has 5 heteroatoms. The lowest BCUT2D eigenvalue weighted by atomic mass is 10.2. The van der Waals surface area contributed by atoms with Crippen molar-refractivity contribution in [2.75, 3.05) is 24.5 Å². The van der Waals surface area contributed by atoms with Crippen molar-refractivity contribution in [2.45, 2.75) is 39.2 Å². The van der Waals surface area contributed by atoms with E-state index >= 15 is 0 Å².